The van der Waals surface area contributed by atoms with Gasteiger partial charge in [0.2, 0.25) is 11.8 Å². The number of carbonyl (C=O) groups excluding carboxylic acids is 3. The molecule has 0 spiro atoms. The van der Waals surface area contributed by atoms with Gasteiger partial charge in [-0.15, -0.1) is 0 Å². The van der Waals surface area contributed by atoms with Gasteiger partial charge in [0.15, 0.2) is 0 Å². The first-order chi connectivity index (χ1) is 13.9. The average Bonchev–Trinajstić information content (AvgIpc) is 3.35. The first-order valence-corrected chi connectivity index (χ1v) is 9.89. The van der Waals surface area contributed by atoms with Crippen molar-refractivity contribution in [2.45, 2.75) is 20.3 Å². The summed E-state index contributed by atoms with van der Waals surface area (Å²) in [6.45, 7) is 3.88. The molecule has 3 aliphatic rings. The maximum atomic E-state index is 13.0. The predicted octanol–water partition coefficient (Wildman–Crippen LogP) is 3.83. The van der Waals surface area contributed by atoms with Crippen LogP contribution in [0.1, 0.15) is 27.9 Å². The van der Waals surface area contributed by atoms with Crippen molar-refractivity contribution in [2.75, 3.05) is 4.90 Å². The van der Waals surface area contributed by atoms with Gasteiger partial charge in [-0.3, -0.25) is 9.59 Å². The van der Waals surface area contributed by atoms with E-state index in [1.165, 1.54) is 4.90 Å². The Morgan fingerprint density at radius 1 is 0.931 bits per heavy atom. The van der Waals surface area contributed by atoms with Gasteiger partial charge in [0.25, 0.3) is 0 Å². The molecule has 5 rings (SSSR count). The Kier molecular flexibility index (Phi) is 3.95. The summed E-state index contributed by atoms with van der Waals surface area (Å²) in [5.74, 6) is -0.560. The molecule has 1 aliphatic heterocycles. The van der Waals surface area contributed by atoms with Crippen LogP contribution in [-0.4, -0.2) is 17.8 Å². The summed E-state index contributed by atoms with van der Waals surface area (Å²) < 4.78 is 5.51. The Hall–Kier alpha value is -3.21. The molecule has 4 atom stereocenters. The molecule has 2 aromatic carbocycles. The SMILES string of the molecule is Cc1cc(C)cc(OC(=O)c2cccc(N3C(=O)[C@@H]4[C@H](C3=O)[C@@H]3C=C[C@@H]4C3)c2)c1. The predicted molar refractivity (Wildman–Crippen MR) is 108 cm³/mol. The Labute approximate surface area is 169 Å². The normalized spacial score (nSPS) is 26.9. The highest BCUT2D eigenvalue weighted by molar-refractivity contribution is 6.23. The van der Waals surface area contributed by atoms with Crippen LogP contribution in [0.15, 0.2) is 54.6 Å². The van der Waals surface area contributed by atoms with E-state index >= 15 is 0 Å². The van der Waals surface area contributed by atoms with Crippen LogP contribution in [0.25, 0.3) is 0 Å². The molecule has 1 heterocycles. The van der Waals surface area contributed by atoms with Gasteiger partial charge in [-0.25, -0.2) is 9.69 Å². The molecule has 5 nitrogen and oxygen atoms in total. The number of fused-ring (bicyclic) bond motifs is 5. The van der Waals surface area contributed by atoms with E-state index in [9.17, 15) is 14.4 Å². The molecule has 2 fully saturated rings. The van der Waals surface area contributed by atoms with Gasteiger partial charge >= 0.3 is 5.97 Å². The third-order valence-corrected chi connectivity index (χ3v) is 6.22. The van der Waals surface area contributed by atoms with Crippen LogP contribution in [0.3, 0.4) is 0 Å². The average molecular weight is 387 g/mol. The molecule has 5 heteroatoms. The van der Waals surface area contributed by atoms with Gasteiger partial charge in [-0.05, 0) is 73.6 Å². The van der Waals surface area contributed by atoms with Gasteiger partial charge in [-0.1, -0.05) is 24.3 Å². The lowest BCUT2D eigenvalue weighted by molar-refractivity contribution is -0.123. The van der Waals surface area contributed by atoms with Crippen molar-refractivity contribution >= 4 is 23.5 Å². The van der Waals surface area contributed by atoms with Gasteiger partial charge in [0.1, 0.15) is 5.75 Å². The van der Waals surface area contributed by atoms with E-state index in [0.717, 1.165) is 17.5 Å². The number of hydrogen-bond donors (Lipinski definition) is 0. The van der Waals surface area contributed by atoms with Gasteiger partial charge < -0.3 is 4.74 Å². The molecule has 2 bridgehead atoms. The maximum absolute atomic E-state index is 13.0. The van der Waals surface area contributed by atoms with Gasteiger partial charge in [0, 0.05) is 0 Å². The van der Waals surface area contributed by atoms with Crippen LogP contribution in [-0.2, 0) is 9.59 Å². The molecular weight excluding hydrogens is 366 g/mol. The molecular formula is C24H21NO4. The highest BCUT2D eigenvalue weighted by atomic mass is 16.5. The standard InChI is InChI=1S/C24H21NO4/c1-13-8-14(2)10-19(9-13)29-24(28)17-4-3-5-18(12-17)25-22(26)20-15-6-7-16(11-15)21(20)23(25)27/h3-10,12,15-16,20-21H,11H2,1-2H3/t15-,16-,20-,21+/m1/s1. The fraction of sp³-hybridized carbons (Fsp3) is 0.292. The van der Waals surface area contributed by atoms with Crippen molar-refractivity contribution in [2.24, 2.45) is 23.7 Å². The zero-order chi connectivity index (χ0) is 20.3. The Morgan fingerprint density at radius 3 is 2.17 bits per heavy atom. The lowest BCUT2D eigenvalue weighted by Crippen LogP contribution is -2.33. The van der Waals surface area contributed by atoms with Crippen molar-refractivity contribution in [3.8, 4) is 5.75 Å². The minimum atomic E-state index is -0.516. The number of rotatable bonds is 3. The van der Waals surface area contributed by atoms with Crippen LogP contribution < -0.4 is 9.64 Å². The highest BCUT2D eigenvalue weighted by Gasteiger charge is 2.59. The third kappa shape index (κ3) is 2.80. The smallest absolute Gasteiger partial charge is 0.343 e. The van der Waals surface area contributed by atoms with Crippen molar-refractivity contribution in [1.82, 2.24) is 0 Å². The number of nitrogens with zero attached hydrogens (tertiary/aromatic N) is 1. The molecule has 0 N–H and O–H groups in total. The minimum absolute atomic E-state index is 0.156. The van der Waals surface area contributed by atoms with E-state index in [4.69, 9.17) is 4.74 Å². The number of aryl methyl sites for hydroxylation is 2. The van der Waals surface area contributed by atoms with Crippen LogP contribution in [0.4, 0.5) is 5.69 Å². The fourth-order valence-electron chi connectivity index (χ4n) is 5.09. The van der Waals surface area contributed by atoms with Crippen molar-refractivity contribution in [3.05, 3.63) is 71.3 Å². The highest BCUT2D eigenvalue weighted by Crippen LogP contribution is 2.53. The summed E-state index contributed by atoms with van der Waals surface area (Å²) in [5.41, 5.74) is 2.75. The molecule has 0 unspecified atom stereocenters. The van der Waals surface area contributed by atoms with Gasteiger partial charge in [0.05, 0.1) is 23.1 Å². The molecule has 1 saturated carbocycles. The third-order valence-electron chi connectivity index (χ3n) is 6.22. The Balaban J connectivity index is 1.41. The van der Waals surface area contributed by atoms with Crippen molar-refractivity contribution in [1.29, 1.82) is 0 Å². The first kappa shape index (κ1) is 17.9. The zero-order valence-corrected chi connectivity index (χ0v) is 16.3. The number of esters is 1. The number of anilines is 1. The van der Waals surface area contributed by atoms with Crippen LogP contribution in [0.5, 0.6) is 5.75 Å². The molecule has 1 saturated heterocycles. The zero-order valence-electron chi connectivity index (χ0n) is 16.3. The monoisotopic (exact) mass is 387 g/mol. The van der Waals surface area contributed by atoms with Crippen LogP contribution in [0.2, 0.25) is 0 Å². The van der Waals surface area contributed by atoms with E-state index in [2.05, 4.69) is 12.2 Å². The van der Waals surface area contributed by atoms with Crippen LogP contribution >= 0.6 is 0 Å². The summed E-state index contributed by atoms with van der Waals surface area (Å²) in [7, 11) is 0. The molecule has 2 amide bonds. The molecule has 0 radical (unpaired) electrons. The second-order valence-electron chi connectivity index (χ2n) is 8.28. The number of benzene rings is 2. The Bertz CT molecular complexity index is 1040. The molecule has 0 aromatic heterocycles. The second kappa shape index (κ2) is 6.41. The van der Waals surface area contributed by atoms with Gasteiger partial charge in [-0.2, -0.15) is 0 Å². The molecule has 29 heavy (non-hydrogen) atoms. The molecule has 2 aliphatic carbocycles. The number of amides is 2. The number of imide groups is 1. The molecule has 2 aromatic rings. The topological polar surface area (TPSA) is 63.7 Å². The number of carbonyl (C=O) groups is 3. The van der Waals surface area contributed by atoms with E-state index in [1.807, 2.05) is 19.9 Å². The van der Waals surface area contributed by atoms with E-state index in [-0.39, 0.29) is 35.5 Å². The van der Waals surface area contributed by atoms with Crippen molar-refractivity contribution in [3.63, 3.8) is 0 Å². The molecule has 146 valence electrons. The second-order valence-corrected chi connectivity index (χ2v) is 8.28. The summed E-state index contributed by atoms with van der Waals surface area (Å²) >= 11 is 0. The van der Waals surface area contributed by atoms with E-state index in [1.54, 1.807) is 36.4 Å². The van der Waals surface area contributed by atoms with E-state index < -0.39 is 5.97 Å². The minimum Gasteiger partial charge on any atom is -0.423 e. The Morgan fingerprint density at radius 2 is 1.55 bits per heavy atom. The van der Waals surface area contributed by atoms with Crippen LogP contribution in [0, 0.1) is 37.5 Å². The summed E-state index contributed by atoms with van der Waals surface area (Å²) in [6.07, 6.45) is 5.03. The number of allylic oxidation sites excluding steroid dienone is 2. The summed E-state index contributed by atoms with van der Waals surface area (Å²) in [6, 6.07) is 12.2. The maximum Gasteiger partial charge on any atom is 0.343 e. The fourth-order valence-corrected chi connectivity index (χ4v) is 5.09. The lowest BCUT2D eigenvalue weighted by Gasteiger charge is -2.18. The summed E-state index contributed by atoms with van der Waals surface area (Å²) in [4.78, 5) is 39.9. The van der Waals surface area contributed by atoms with Crippen molar-refractivity contribution < 1.29 is 19.1 Å². The lowest BCUT2D eigenvalue weighted by atomic mass is 9.85. The first-order valence-electron chi connectivity index (χ1n) is 9.89. The number of hydrogen-bond acceptors (Lipinski definition) is 4. The summed E-state index contributed by atoms with van der Waals surface area (Å²) in [5, 5.41) is 0. The number of ether oxygens (including phenoxy) is 1. The quantitative estimate of drug-likeness (QED) is 0.347. The van der Waals surface area contributed by atoms with E-state index in [0.29, 0.717) is 17.0 Å². The largest absolute Gasteiger partial charge is 0.423 e.